The number of para-hydroxylation sites is 1. The first-order valence-corrected chi connectivity index (χ1v) is 7.37. The van der Waals surface area contributed by atoms with E-state index in [1.165, 1.54) is 0 Å². The van der Waals surface area contributed by atoms with Gasteiger partial charge in [-0.25, -0.2) is 0 Å². The Bertz CT molecular complexity index is 668. The van der Waals surface area contributed by atoms with Gasteiger partial charge in [0.05, 0.1) is 13.0 Å². The van der Waals surface area contributed by atoms with E-state index in [-0.39, 0.29) is 11.8 Å². The van der Waals surface area contributed by atoms with Crippen LogP contribution < -0.4 is 4.74 Å². The molecule has 1 fully saturated rings. The second kappa shape index (κ2) is 6.17. The minimum absolute atomic E-state index is 0.105. The molecule has 1 aromatic carbocycles. The van der Waals surface area contributed by atoms with E-state index in [4.69, 9.17) is 9.26 Å². The van der Waals surface area contributed by atoms with E-state index in [0.29, 0.717) is 31.2 Å². The highest BCUT2D eigenvalue weighted by molar-refractivity contribution is 5.77. The van der Waals surface area contributed by atoms with Gasteiger partial charge in [-0.1, -0.05) is 23.4 Å². The maximum atomic E-state index is 12.2. The number of hydrogen-bond donors (Lipinski definition) is 0. The first-order chi connectivity index (χ1) is 10.7. The molecule has 6 nitrogen and oxygen atoms in total. The van der Waals surface area contributed by atoms with Gasteiger partial charge in [-0.2, -0.15) is 4.98 Å². The molecule has 1 atom stereocenters. The van der Waals surface area contributed by atoms with Gasteiger partial charge in [-0.15, -0.1) is 0 Å². The molecule has 1 amide bonds. The standard InChI is InChI=1S/C16H19N3O3/c1-11-17-16(22-18-11)13-7-8-15(20)19(10-13)9-12-5-3-4-6-14(12)21-2/h3-6,13H,7-10H2,1-2H3/t13-/m1/s1. The topological polar surface area (TPSA) is 68.5 Å². The molecule has 0 saturated carbocycles. The quantitative estimate of drug-likeness (QED) is 0.866. The van der Waals surface area contributed by atoms with E-state index >= 15 is 0 Å². The summed E-state index contributed by atoms with van der Waals surface area (Å²) in [6, 6.07) is 7.75. The molecule has 1 aliphatic heterocycles. The molecule has 3 rings (SSSR count). The molecule has 116 valence electrons. The van der Waals surface area contributed by atoms with E-state index in [9.17, 15) is 4.79 Å². The van der Waals surface area contributed by atoms with Gasteiger partial charge in [-0.05, 0) is 19.4 Å². The lowest BCUT2D eigenvalue weighted by Gasteiger charge is -2.31. The molecular weight excluding hydrogens is 282 g/mol. The predicted octanol–water partition coefficient (Wildman–Crippen LogP) is 2.29. The molecule has 0 unspecified atom stereocenters. The van der Waals surface area contributed by atoms with Crippen molar-refractivity contribution in [3.8, 4) is 5.75 Å². The number of amides is 1. The summed E-state index contributed by atoms with van der Waals surface area (Å²) in [6.45, 7) is 2.93. The van der Waals surface area contributed by atoms with Crippen molar-refractivity contribution >= 4 is 5.91 Å². The fourth-order valence-electron chi connectivity index (χ4n) is 2.79. The van der Waals surface area contributed by atoms with Crippen molar-refractivity contribution in [2.45, 2.75) is 32.2 Å². The van der Waals surface area contributed by atoms with Crippen LogP contribution in [0.1, 0.15) is 36.0 Å². The van der Waals surface area contributed by atoms with E-state index in [1.807, 2.05) is 29.2 Å². The summed E-state index contributed by atoms with van der Waals surface area (Å²) in [5.41, 5.74) is 1.00. The zero-order valence-corrected chi connectivity index (χ0v) is 12.8. The average Bonchev–Trinajstić information content (AvgIpc) is 2.96. The third kappa shape index (κ3) is 2.95. The summed E-state index contributed by atoms with van der Waals surface area (Å²) in [4.78, 5) is 18.3. The van der Waals surface area contributed by atoms with Crippen LogP contribution in [-0.4, -0.2) is 34.6 Å². The molecule has 1 aliphatic rings. The zero-order chi connectivity index (χ0) is 15.5. The van der Waals surface area contributed by atoms with Crippen LogP contribution in [-0.2, 0) is 11.3 Å². The first-order valence-electron chi connectivity index (χ1n) is 7.37. The number of carbonyl (C=O) groups excluding carboxylic acids is 1. The third-order valence-electron chi connectivity index (χ3n) is 3.95. The minimum Gasteiger partial charge on any atom is -0.496 e. The van der Waals surface area contributed by atoms with Crippen LogP contribution in [0.15, 0.2) is 28.8 Å². The number of benzene rings is 1. The highest BCUT2D eigenvalue weighted by atomic mass is 16.5. The highest BCUT2D eigenvalue weighted by Crippen LogP contribution is 2.29. The third-order valence-corrected chi connectivity index (χ3v) is 3.95. The van der Waals surface area contributed by atoms with Crippen molar-refractivity contribution < 1.29 is 14.1 Å². The van der Waals surface area contributed by atoms with E-state index in [2.05, 4.69) is 10.1 Å². The fourth-order valence-corrected chi connectivity index (χ4v) is 2.79. The molecule has 0 bridgehead atoms. The van der Waals surface area contributed by atoms with Crippen molar-refractivity contribution in [2.75, 3.05) is 13.7 Å². The van der Waals surface area contributed by atoms with Crippen molar-refractivity contribution in [2.24, 2.45) is 0 Å². The monoisotopic (exact) mass is 301 g/mol. The van der Waals surface area contributed by atoms with Crippen LogP contribution in [0.25, 0.3) is 0 Å². The Labute approximate surface area is 129 Å². The van der Waals surface area contributed by atoms with Gasteiger partial charge in [0.2, 0.25) is 11.8 Å². The average molecular weight is 301 g/mol. The van der Waals surface area contributed by atoms with Gasteiger partial charge in [-0.3, -0.25) is 4.79 Å². The Balaban J connectivity index is 1.75. The van der Waals surface area contributed by atoms with Crippen molar-refractivity contribution in [3.63, 3.8) is 0 Å². The SMILES string of the molecule is COc1ccccc1CN1C[C@H](c2nc(C)no2)CCC1=O. The zero-order valence-electron chi connectivity index (χ0n) is 12.8. The number of aromatic nitrogens is 2. The minimum atomic E-state index is 0.105. The molecule has 0 N–H and O–H groups in total. The number of carbonyl (C=O) groups is 1. The van der Waals surface area contributed by atoms with Crippen LogP contribution >= 0.6 is 0 Å². The molecule has 6 heteroatoms. The summed E-state index contributed by atoms with van der Waals surface area (Å²) in [6.07, 6.45) is 1.25. The number of rotatable bonds is 4. The Morgan fingerprint density at radius 2 is 2.23 bits per heavy atom. The molecule has 2 aromatic rings. The van der Waals surface area contributed by atoms with Gasteiger partial charge in [0.1, 0.15) is 5.75 Å². The Hall–Kier alpha value is -2.37. The van der Waals surface area contributed by atoms with Crippen molar-refractivity contribution in [1.29, 1.82) is 0 Å². The Kier molecular flexibility index (Phi) is 4.09. The van der Waals surface area contributed by atoms with Crippen LogP contribution in [0, 0.1) is 6.92 Å². The van der Waals surface area contributed by atoms with Gasteiger partial charge in [0.25, 0.3) is 0 Å². The van der Waals surface area contributed by atoms with Gasteiger partial charge in [0, 0.05) is 25.1 Å². The number of piperidine rings is 1. The Morgan fingerprint density at radius 1 is 1.41 bits per heavy atom. The highest BCUT2D eigenvalue weighted by Gasteiger charge is 2.30. The van der Waals surface area contributed by atoms with Gasteiger partial charge in [0.15, 0.2) is 5.82 Å². The number of likely N-dealkylation sites (tertiary alicyclic amines) is 1. The maximum absolute atomic E-state index is 12.2. The van der Waals surface area contributed by atoms with Crippen LogP contribution in [0.3, 0.4) is 0 Å². The van der Waals surface area contributed by atoms with E-state index < -0.39 is 0 Å². The summed E-state index contributed by atoms with van der Waals surface area (Å²) < 4.78 is 10.6. The number of hydrogen-bond acceptors (Lipinski definition) is 5. The molecule has 0 radical (unpaired) electrons. The van der Waals surface area contributed by atoms with E-state index in [0.717, 1.165) is 17.7 Å². The lowest BCUT2D eigenvalue weighted by Crippen LogP contribution is -2.38. The van der Waals surface area contributed by atoms with Crippen LogP contribution in [0.4, 0.5) is 0 Å². The number of ether oxygens (including phenoxy) is 1. The molecule has 0 aliphatic carbocycles. The number of nitrogens with zero attached hydrogens (tertiary/aromatic N) is 3. The van der Waals surface area contributed by atoms with Crippen LogP contribution in [0.2, 0.25) is 0 Å². The molecule has 1 saturated heterocycles. The molecule has 0 spiro atoms. The molecule has 22 heavy (non-hydrogen) atoms. The second-order valence-corrected chi connectivity index (χ2v) is 5.50. The lowest BCUT2D eigenvalue weighted by atomic mass is 9.97. The van der Waals surface area contributed by atoms with Crippen molar-refractivity contribution in [3.05, 3.63) is 41.5 Å². The van der Waals surface area contributed by atoms with E-state index in [1.54, 1.807) is 14.0 Å². The molecular formula is C16H19N3O3. The second-order valence-electron chi connectivity index (χ2n) is 5.50. The van der Waals surface area contributed by atoms with Crippen molar-refractivity contribution in [1.82, 2.24) is 15.0 Å². The summed E-state index contributed by atoms with van der Waals surface area (Å²) in [5, 5.41) is 3.84. The normalized spacial score (nSPS) is 18.5. The summed E-state index contributed by atoms with van der Waals surface area (Å²) in [7, 11) is 1.64. The number of methoxy groups -OCH3 is 1. The molecule has 1 aromatic heterocycles. The van der Waals surface area contributed by atoms with Gasteiger partial charge >= 0.3 is 0 Å². The smallest absolute Gasteiger partial charge is 0.231 e. The maximum Gasteiger partial charge on any atom is 0.231 e. The first kappa shape index (κ1) is 14.6. The summed E-state index contributed by atoms with van der Waals surface area (Å²) in [5.74, 6) is 2.30. The Morgan fingerprint density at radius 3 is 2.95 bits per heavy atom. The largest absolute Gasteiger partial charge is 0.496 e. The molecule has 2 heterocycles. The van der Waals surface area contributed by atoms with Gasteiger partial charge < -0.3 is 14.2 Å². The number of aryl methyl sites for hydroxylation is 1. The lowest BCUT2D eigenvalue weighted by molar-refractivity contribution is -0.134. The summed E-state index contributed by atoms with van der Waals surface area (Å²) >= 11 is 0. The predicted molar refractivity (Wildman–Crippen MR) is 79.4 cm³/mol. The fraction of sp³-hybridized carbons (Fsp3) is 0.438. The van der Waals surface area contributed by atoms with Crippen LogP contribution in [0.5, 0.6) is 5.75 Å².